The van der Waals surface area contributed by atoms with Gasteiger partial charge in [-0.1, -0.05) is 39.2 Å². The summed E-state index contributed by atoms with van der Waals surface area (Å²) < 4.78 is 0. The van der Waals surface area contributed by atoms with Crippen molar-refractivity contribution in [3.8, 4) is 0 Å². The van der Waals surface area contributed by atoms with Crippen LogP contribution < -0.4 is 0 Å². The van der Waals surface area contributed by atoms with E-state index >= 15 is 0 Å². The molecule has 0 nitrogen and oxygen atoms in total. The lowest BCUT2D eigenvalue weighted by Crippen LogP contribution is -1.89. The van der Waals surface area contributed by atoms with E-state index in [4.69, 9.17) is 0 Å². The molecule has 0 fully saturated rings. The van der Waals surface area contributed by atoms with Crippen molar-refractivity contribution < 1.29 is 0 Å². The van der Waals surface area contributed by atoms with E-state index in [1.165, 1.54) is 38.0 Å². The Morgan fingerprint density at radius 2 is 2.00 bits per heavy atom. The average molecular weight is 139 g/mol. The minimum atomic E-state index is 1.17. The van der Waals surface area contributed by atoms with Crippen LogP contribution in [0.2, 0.25) is 0 Å². The molecule has 10 heavy (non-hydrogen) atoms. The minimum absolute atomic E-state index is 1.17. The maximum absolute atomic E-state index is 3.77. The minimum Gasteiger partial charge on any atom is -0.102 e. The molecule has 0 aliphatic heterocycles. The van der Waals surface area contributed by atoms with E-state index in [-0.39, 0.29) is 0 Å². The highest BCUT2D eigenvalue weighted by atomic mass is 14.0. The van der Waals surface area contributed by atoms with Crippen molar-refractivity contribution in [2.45, 2.75) is 46.0 Å². The summed E-state index contributed by atoms with van der Waals surface area (Å²) in [5.74, 6) is 1.51. The van der Waals surface area contributed by atoms with Gasteiger partial charge in [-0.05, 0) is 18.8 Å². The molecule has 0 bridgehead atoms. The molecule has 0 atom stereocenters. The van der Waals surface area contributed by atoms with Crippen LogP contribution in [0.5, 0.6) is 0 Å². The Balaban J connectivity index is 3.17. The fourth-order valence-corrected chi connectivity index (χ4v) is 1.03. The summed E-state index contributed by atoms with van der Waals surface area (Å²) in [4.78, 5) is 0. The Morgan fingerprint density at radius 1 is 1.30 bits per heavy atom. The molecular weight excluding hydrogens is 120 g/mol. The zero-order valence-corrected chi connectivity index (χ0v) is 7.32. The van der Waals surface area contributed by atoms with Crippen molar-refractivity contribution in [2.24, 2.45) is 0 Å². The lowest BCUT2D eigenvalue weighted by molar-refractivity contribution is 0.671. The van der Waals surface area contributed by atoms with E-state index in [2.05, 4.69) is 20.4 Å². The van der Waals surface area contributed by atoms with Gasteiger partial charge in [0.2, 0.25) is 0 Å². The van der Waals surface area contributed by atoms with Gasteiger partial charge in [-0.25, -0.2) is 0 Å². The molecule has 0 aliphatic rings. The van der Waals surface area contributed by atoms with Gasteiger partial charge in [-0.15, -0.1) is 6.58 Å². The van der Waals surface area contributed by atoms with Gasteiger partial charge in [0.1, 0.15) is 0 Å². The second kappa shape index (κ2) is 6.85. The average Bonchev–Trinajstić information content (AvgIpc) is 1.99. The molecule has 0 N–H and O–H groups in total. The standard InChI is InChI=1S/C10H19/c1-4-7-8-9-10(5-2)6-3/h5H,2,4,6-9H2,1,3H3. The molecule has 0 heteroatoms. The summed E-state index contributed by atoms with van der Waals surface area (Å²) >= 11 is 0. The van der Waals surface area contributed by atoms with Gasteiger partial charge in [0, 0.05) is 0 Å². The van der Waals surface area contributed by atoms with Crippen LogP contribution in [0.1, 0.15) is 46.0 Å². The smallest absolute Gasteiger partial charge is 0.00328 e. The molecule has 0 rings (SSSR count). The van der Waals surface area contributed by atoms with Gasteiger partial charge in [0.05, 0.1) is 0 Å². The van der Waals surface area contributed by atoms with Crippen molar-refractivity contribution in [2.75, 3.05) is 0 Å². The van der Waals surface area contributed by atoms with Crippen LogP contribution in [0.4, 0.5) is 0 Å². The van der Waals surface area contributed by atoms with Crippen molar-refractivity contribution in [3.05, 3.63) is 18.6 Å². The van der Waals surface area contributed by atoms with Gasteiger partial charge in [-0.3, -0.25) is 0 Å². The van der Waals surface area contributed by atoms with Crippen LogP contribution in [0, 0.1) is 5.92 Å². The third kappa shape index (κ3) is 4.60. The number of rotatable bonds is 6. The number of hydrogen-bond acceptors (Lipinski definition) is 0. The number of hydrogen-bond donors (Lipinski definition) is 0. The Kier molecular flexibility index (Phi) is 6.68. The van der Waals surface area contributed by atoms with Crippen molar-refractivity contribution >= 4 is 0 Å². The first-order valence-corrected chi connectivity index (χ1v) is 4.32. The lowest BCUT2D eigenvalue weighted by Gasteiger charge is -2.06. The fraction of sp³-hybridized carbons (Fsp3) is 0.700. The van der Waals surface area contributed by atoms with Crippen molar-refractivity contribution in [1.29, 1.82) is 0 Å². The highest BCUT2D eigenvalue weighted by Gasteiger charge is 1.99. The molecule has 0 aromatic carbocycles. The molecule has 0 aliphatic carbocycles. The first kappa shape index (κ1) is 9.74. The maximum atomic E-state index is 3.77. The molecule has 0 saturated carbocycles. The molecule has 0 saturated heterocycles. The number of unbranched alkanes of at least 4 members (excludes halogenated alkanes) is 2. The van der Waals surface area contributed by atoms with Crippen LogP contribution in [-0.2, 0) is 0 Å². The quantitative estimate of drug-likeness (QED) is 0.492. The van der Waals surface area contributed by atoms with E-state index < -0.39 is 0 Å². The first-order valence-electron chi connectivity index (χ1n) is 4.32. The second-order valence-electron chi connectivity index (χ2n) is 2.67. The maximum Gasteiger partial charge on any atom is -0.00328 e. The van der Waals surface area contributed by atoms with E-state index in [1.54, 1.807) is 0 Å². The van der Waals surface area contributed by atoms with Crippen molar-refractivity contribution in [1.82, 2.24) is 0 Å². The summed E-state index contributed by atoms with van der Waals surface area (Å²) in [6.07, 6.45) is 8.45. The monoisotopic (exact) mass is 139 g/mol. The van der Waals surface area contributed by atoms with Crippen molar-refractivity contribution in [3.63, 3.8) is 0 Å². The second-order valence-corrected chi connectivity index (χ2v) is 2.67. The first-order chi connectivity index (χ1) is 4.85. The highest BCUT2D eigenvalue weighted by Crippen LogP contribution is 2.15. The van der Waals surface area contributed by atoms with Crippen LogP contribution in [0.15, 0.2) is 12.7 Å². The molecule has 0 amide bonds. The zero-order valence-electron chi connectivity index (χ0n) is 7.32. The summed E-state index contributed by atoms with van der Waals surface area (Å²) in [6.45, 7) is 8.21. The molecule has 0 spiro atoms. The van der Waals surface area contributed by atoms with E-state index in [1.807, 2.05) is 6.08 Å². The molecule has 59 valence electrons. The third-order valence-corrected chi connectivity index (χ3v) is 1.84. The van der Waals surface area contributed by atoms with Crippen LogP contribution in [0.3, 0.4) is 0 Å². The van der Waals surface area contributed by atoms with E-state index in [0.717, 1.165) is 0 Å². The Labute approximate surface area is 65.3 Å². The Morgan fingerprint density at radius 3 is 2.40 bits per heavy atom. The molecule has 0 aromatic rings. The lowest BCUT2D eigenvalue weighted by atomic mass is 9.99. The molecule has 0 heterocycles. The summed E-state index contributed by atoms with van der Waals surface area (Å²) in [5, 5.41) is 0. The van der Waals surface area contributed by atoms with Crippen LogP contribution in [0.25, 0.3) is 0 Å². The summed E-state index contributed by atoms with van der Waals surface area (Å²) in [7, 11) is 0. The molecule has 0 unspecified atom stereocenters. The van der Waals surface area contributed by atoms with E-state index in [0.29, 0.717) is 0 Å². The van der Waals surface area contributed by atoms with Gasteiger partial charge in [0.15, 0.2) is 0 Å². The predicted molar refractivity (Wildman–Crippen MR) is 47.9 cm³/mol. The number of allylic oxidation sites excluding steroid dienone is 1. The Bertz CT molecular complexity index is 74.1. The summed E-state index contributed by atoms with van der Waals surface area (Å²) in [5.41, 5.74) is 0. The normalized spacial score (nSPS) is 10.3. The van der Waals surface area contributed by atoms with Gasteiger partial charge >= 0.3 is 0 Å². The fourth-order valence-electron chi connectivity index (χ4n) is 1.03. The third-order valence-electron chi connectivity index (χ3n) is 1.84. The Hall–Kier alpha value is -0.260. The van der Waals surface area contributed by atoms with E-state index in [9.17, 15) is 0 Å². The van der Waals surface area contributed by atoms with Crippen LogP contribution in [-0.4, -0.2) is 0 Å². The topological polar surface area (TPSA) is 0 Å². The molecule has 0 aromatic heterocycles. The van der Waals surface area contributed by atoms with Gasteiger partial charge in [-0.2, -0.15) is 0 Å². The highest BCUT2D eigenvalue weighted by molar-refractivity contribution is 5.04. The summed E-state index contributed by atoms with van der Waals surface area (Å²) in [6, 6.07) is 0. The van der Waals surface area contributed by atoms with Gasteiger partial charge in [0.25, 0.3) is 0 Å². The predicted octanol–water partition coefficient (Wildman–Crippen LogP) is 3.74. The van der Waals surface area contributed by atoms with Gasteiger partial charge < -0.3 is 0 Å². The SMILES string of the molecule is C=C[C](CC)CCCCC. The molecular formula is C10H19. The van der Waals surface area contributed by atoms with Crippen LogP contribution >= 0.6 is 0 Å². The largest absolute Gasteiger partial charge is 0.102 e. The zero-order chi connectivity index (χ0) is 7.82. The molecule has 1 radical (unpaired) electrons.